The summed E-state index contributed by atoms with van der Waals surface area (Å²) >= 11 is 1.43. The number of thiazole rings is 1. The van der Waals surface area contributed by atoms with Gasteiger partial charge in [0.05, 0.1) is 18.8 Å². The van der Waals surface area contributed by atoms with E-state index >= 15 is 0 Å². The van der Waals surface area contributed by atoms with Gasteiger partial charge in [-0.05, 0) is 56.5 Å². The SMILES string of the molecule is COc1cccc(C2CCCN2C(=O)c2sc(COc3ccc(C)cc3)nc2C)c1. The monoisotopic (exact) mass is 422 g/mol. The lowest BCUT2D eigenvalue weighted by Gasteiger charge is -2.25. The summed E-state index contributed by atoms with van der Waals surface area (Å²) in [6.07, 6.45) is 1.95. The Morgan fingerprint density at radius 3 is 2.73 bits per heavy atom. The highest BCUT2D eigenvalue weighted by Crippen LogP contribution is 2.35. The zero-order valence-electron chi connectivity index (χ0n) is 17.6. The average Bonchev–Trinajstić information content (AvgIpc) is 3.40. The van der Waals surface area contributed by atoms with Crippen molar-refractivity contribution in [3.63, 3.8) is 0 Å². The number of carbonyl (C=O) groups excluding carboxylic acids is 1. The molecule has 2 aromatic carbocycles. The number of hydrogen-bond donors (Lipinski definition) is 0. The second kappa shape index (κ2) is 8.88. The molecule has 5 nitrogen and oxygen atoms in total. The van der Waals surface area contributed by atoms with Gasteiger partial charge in [-0.15, -0.1) is 11.3 Å². The summed E-state index contributed by atoms with van der Waals surface area (Å²) in [5.74, 6) is 1.67. The van der Waals surface area contributed by atoms with Gasteiger partial charge in [0.15, 0.2) is 0 Å². The van der Waals surface area contributed by atoms with Crippen LogP contribution in [-0.4, -0.2) is 29.4 Å². The Kier molecular flexibility index (Phi) is 6.04. The minimum Gasteiger partial charge on any atom is -0.497 e. The van der Waals surface area contributed by atoms with Crippen LogP contribution >= 0.6 is 11.3 Å². The van der Waals surface area contributed by atoms with E-state index < -0.39 is 0 Å². The fourth-order valence-electron chi connectivity index (χ4n) is 3.83. The van der Waals surface area contributed by atoms with Crippen molar-refractivity contribution in [1.29, 1.82) is 0 Å². The van der Waals surface area contributed by atoms with Crippen molar-refractivity contribution in [2.75, 3.05) is 13.7 Å². The number of rotatable bonds is 6. The summed E-state index contributed by atoms with van der Waals surface area (Å²) in [5, 5.41) is 0.813. The molecular weight excluding hydrogens is 396 g/mol. The van der Waals surface area contributed by atoms with Crippen LogP contribution in [-0.2, 0) is 6.61 Å². The van der Waals surface area contributed by atoms with Crippen molar-refractivity contribution < 1.29 is 14.3 Å². The number of amides is 1. The third kappa shape index (κ3) is 4.33. The molecule has 1 fully saturated rings. The van der Waals surface area contributed by atoms with E-state index in [0.29, 0.717) is 11.5 Å². The van der Waals surface area contributed by atoms with Crippen LogP contribution < -0.4 is 9.47 Å². The van der Waals surface area contributed by atoms with Crippen LogP contribution in [0.3, 0.4) is 0 Å². The molecule has 1 atom stereocenters. The molecular formula is C24H26N2O3S. The molecule has 0 spiro atoms. The predicted molar refractivity (Wildman–Crippen MR) is 118 cm³/mol. The Morgan fingerprint density at radius 1 is 1.17 bits per heavy atom. The molecule has 0 saturated carbocycles. The van der Waals surface area contributed by atoms with Crippen molar-refractivity contribution in [2.45, 2.75) is 39.3 Å². The number of nitrogens with zero attached hydrogens (tertiary/aromatic N) is 2. The minimum absolute atomic E-state index is 0.0527. The van der Waals surface area contributed by atoms with Crippen LogP contribution in [0.2, 0.25) is 0 Å². The quantitative estimate of drug-likeness (QED) is 0.539. The van der Waals surface area contributed by atoms with Crippen molar-refractivity contribution in [3.05, 3.63) is 75.2 Å². The molecule has 1 saturated heterocycles. The number of carbonyl (C=O) groups is 1. The normalized spacial score (nSPS) is 16.0. The number of likely N-dealkylation sites (tertiary alicyclic amines) is 1. The Hall–Kier alpha value is -2.86. The number of aromatic nitrogens is 1. The molecule has 1 amide bonds. The van der Waals surface area contributed by atoms with Gasteiger partial charge < -0.3 is 14.4 Å². The fourth-order valence-corrected chi connectivity index (χ4v) is 4.76. The molecule has 1 unspecified atom stereocenters. The van der Waals surface area contributed by atoms with Crippen LogP contribution in [0.1, 0.15) is 50.4 Å². The van der Waals surface area contributed by atoms with E-state index in [0.717, 1.165) is 47.2 Å². The first-order valence-corrected chi connectivity index (χ1v) is 11.0. The van der Waals surface area contributed by atoms with E-state index in [1.54, 1.807) is 7.11 Å². The Morgan fingerprint density at radius 2 is 1.97 bits per heavy atom. The highest BCUT2D eigenvalue weighted by atomic mass is 32.1. The standard InChI is InChI=1S/C24H26N2O3S/c1-16-9-11-19(12-10-16)29-15-22-25-17(2)23(30-22)24(27)26-13-5-8-21(26)18-6-4-7-20(14-18)28-3/h4,6-7,9-12,14,21H,5,8,13,15H2,1-3H3. The molecule has 1 aromatic heterocycles. The summed E-state index contributed by atoms with van der Waals surface area (Å²) in [7, 11) is 1.66. The van der Waals surface area contributed by atoms with Crippen LogP contribution in [0.25, 0.3) is 0 Å². The maximum atomic E-state index is 13.4. The molecule has 0 radical (unpaired) electrons. The molecule has 6 heteroatoms. The van der Waals surface area contributed by atoms with Crippen molar-refractivity contribution in [2.24, 2.45) is 0 Å². The first kappa shape index (κ1) is 20.4. The van der Waals surface area contributed by atoms with E-state index in [4.69, 9.17) is 9.47 Å². The van der Waals surface area contributed by atoms with Gasteiger partial charge in [-0.3, -0.25) is 4.79 Å². The lowest BCUT2D eigenvalue weighted by molar-refractivity contribution is 0.0739. The number of hydrogen-bond acceptors (Lipinski definition) is 5. The zero-order valence-corrected chi connectivity index (χ0v) is 18.4. The van der Waals surface area contributed by atoms with Crippen LogP contribution in [0, 0.1) is 13.8 Å². The van der Waals surface area contributed by atoms with Gasteiger partial charge >= 0.3 is 0 Å². The maximum Gasteiger partial charge on any atom is 0.266 e. The topological polar surface area (TPSA) is 51.7 Å². The summed E-state index contributed by atoms with van der Waals surface area (Å²) < 4.78 is 11.2. The Labute approximate surface area is 181 Å². The molecule has 4 rings (SSSR count). The highest BCUT2D eigenvalue weighted by molar-refractivity contribution is 7.13. The Bertz CT molecular complexity index is 1030. The number of benzene rings is 2. The third-order valence-corrected chi connectivity index (χ3v) is 6.53. The Balaban J connectivity index is 1.49. The minimum atomic E-state index is 0.0527. The third-order valence-electron chi connectivity index (χ3n) is 5.41. The largest absolute Gasteiger partial charge is 0.497 e. The molecule has 3 aromatic rings. The van der Waals surface area contributed by atoms with E-state index in [2.05, 4.69) is 11.1 Å². The second-order valence-electron chi connectivity index (χ2n) is 7.56. The zero-order chi connectivity index (χ0) is 21.1. The van der Waals surface area contributed by atoms with Gasteiger partial charge in [0.2, 0.25) is 0 Å². The first-order valence-electron chi connectivity index (χ1n) is 10.2. The molecule has 1 aliphatic heterocycles. The molecule has 156 valence electrons. The predicted octanol–water partition coefficient (Wildman–Crippen LogP) is 5.32. The molecule has 0 N–H and O–H groups in total. The van der Waals surface area contributed by atoms with Gasteiger partial charge in [-0.25, -0.2) is 4.98 Å². The van der Waals surface area contributed by atoms with Crippen LogP contribution in [0.5, 0.6) is 11.5 Å². The molecule has 0 aliphatic carbocycles. The number of ether oxygens (including phenoxy) is 2. The molecule has 0 bridgehead atoms. The number of methoxy groups -OCH3 is 1. The van der Waals surface area contributed by atoms with Gasteiger partial charge in [0.25, 0.3) is 5.91 Å². The highest BCUT2D eigenvalue weighted by Gasteiger charge is 2.32. The lowest BCUT2D eigenvalue weighted by Crippen LogP contribution is -2.30. The van der Waals surface area contributed by atoms with Crippen molar-refractivity contribution >= 4 is 17.2 Å². The first-order chi connectivity index (χ1) is 14.5. The summed E-state index contributed by atoms with van der Waals surface area (Å²) in [5.41, 5.74) is 3.07. The smallest absolute Gasteiger partial charge is 0.266 e. The molecule has 1 aliphatic rings. The van der Waals surface area contributed by atoms with E-state index in [1.165, 1.54) is 16.9 Å². The summed E-state index contributed by atoms with van der Waals surface area (Å²) in [4.78, 5) is 20.6. The van der Waals surface area contributed by atoms with Gasteiger partial charge in [-0.1, -0.05) is 29.8 Å². The van der Waals surface area contributed by atoms with Gasteiger partial charge in [0, 0.05) is 6.54 Å². The van der Waals surface area contributed by atoms with Gasteiger partial charge in [0.1, 0.15) is 28.0 Å². The van der Waals surface area contributed by atoms with E-state index in [9.17, 15) is 4.79 Å². The summed E-state index contributed by atoms with van der Waals surface area (Å²) in [6.45, 7) is 5.06. The fraction of sp³-hybridized carbons (Fsp3) is 0.333. The average molecular weight is 423 g/mol. The van der Waals surface area contributed by atoms with E-state index in [1.807, 2.05) is 61.2 Å². The number of aryl methyl sites for hydroxylation is 2. The van der Waals surface area contributed by atoms with Crippen LogP contribution in [0.15, 0.2) is 48.5 Å². The van der Waals surface area contributed by atoms with E-state index in [-0.39, 0.29) is 11.9 Å². The maximum absolute atomic E-state index is 13.4. The molecule has 30 heavy (non-hydrogen) atoms. The second-order valence-corrected chi connectivity index (χ2v) is 8.64. The lowest BCUT2D eigenvalue weighted by atomic mass is 10.0. The van der Waals surface area contributed by atoms with Crippen LogP contribution in [0.4, 0.5) is 0 Å². The van der Waals surface area contributed by atoms with Crippen molar-refractivity contribution in [1.82, 2.24) is 9.88 Å². The molecule has 2 heterocycles. The van der Waals surface area contributed by atoms with Gasteiger partial charge in [-0.2, -0.15) is 0 Å². The summed E-state index contributed by atoms with van der Waals surface area (Å²) in [6, 6.07) is 16.0. The van der Waals surface area contributed by atoms with Crippen molar-refractivity contribution in [3.8, 4) is 11.5 Å².